The zero-order valence-corrected chi connectivity index (χ0v) is 15.1. The van der Waals surface area contributed by atoms with Crippen LogP contribution in [0.25, 0.3) is 9.88 Å². The lowest BCUT2D eigenvalue weighted by atomic mass is 10.1. The molecule has 2 aromatic heterocycles. The van der Waals surface area contributed by atoms with E-state index in [0.29, 0.717) is 12.2 Å². The molecule has 3 heterocycles. The number of nitrogens with zero attached hydrogens (tertiary/aromatic N) is 2. The molecule has 3 aromatic rings. The van der Waals surface area contributed by atoms with Crippen molar-refractivity contribution in [2.75, 3.05) is 16.8 Å². The number of carbonyl (C=O) groups excluding carboxylic acids is 2. The van der Waals surface area contributed by atoms with Crippen molar-refractivity contribution in [1.29, 1.82) is 0 Å². The number of nitrogens with one attached hydrogen (secondary N) is 1. The number of anilines is 2. The summed E-state index contributed by atoms with van der Waals surface area (Å²) in [5, 5.41) is 7.51. The lowest BCUT2D eigenvalue weighted by molar-refractivity contribution is -0.116. The van der Waals surface area contributed by atoms with Gasteiger partial charge in [0.05, 0.1) is 4.88 Å². The molecule has 1 aliphatic rings. The Hall–Kier alpha value is -2.51. The number of hydrogen-bond donors (Lipinski definition) is 1. The molecule has 0 saturated heterocycles. The Balaban J connectivity index is 1.51. The molecule has 0 atom stereocenters. The van der Waals surface area contributed by atoms with Gasteiger partial charge in [-0.3, -0.25) is 9.59 Å². The lowest BCUT2D eigenvalue weighted by Gasteiger charge is -2.14. The van der Waals surface area contributed by atoms with E-state index in [2.05, 4.69) is 10.3 Å². The van der Waals surface area contributed by atoms with Crippen LogP contribution in [-0.2, 0) is 11.2 Å². The van der Waals surface area contributed by atoms with Gasteiger partial charge in [-0.2, -0.15) is 0 Å². The molecule has 0 saturated carbocycles. The summed E-state index contributed by atoms with van der Waals surface area (Å²) in [6.07, 6.45) is 0.803. The molecule has 0 bridgehead atoms. The molecule has 126 valence electrons. The molecule has 0 aliphatic carbocycles. The zero-order chi connectivity index (χ0) is 17.4. The van der Waals surface area contributed by atoms with Crippen LogP contribution in [0.1, 0.15) is 23.0 Å². The number of rotatable bonds is 3. The topological polar surface area (TPSA) is 62.3 Å². The van der Waals surface area contributed by atoms with E-state index in [9.17, 15) is 9.59 Å². The van der Waals surface area contributed by atoms with Crippen LogP contribution in [0, 0.1) is 0 Å². The van der Waals surface area contributed by atoms with Crippen LogP contribution < -0.4 is 10.2 Å². The van der Waals surface area contributed by atoms with Gasteiger partial charge >= 0.3 is 0 Å². The zero-order valence-electron chi connectivity index (χ0n) is 13.5. The second-order valence-electron chi connectivity index (χ2n) is 5.73. The Morgan fingerprint density at radius 1 is 1.24 bits per heavy atom. The number of carbonyl (C=O) groups is 2. The fourth-order valence-electron chi connectivity index (χ4n) is 2.89. The van der Waals surface area contributed by atoms with Gasteiger partial charge in [-0.15, -0.1) is 22.7 Å². The molecule has 4 rings (SSSR count). The Kier molecular flexibility index (Phi) is 4.10. The standard InChI is InChI=1S/C18H15N3O2S2/c1-11(22)21-7-6-12-9-13(4-5-15(12)21)19-17(23)14-10-25-18(20-14)16-3-2-8-24-16/h2-5,8-10H,6-7H2,1H3,(H,19,23). The summed E-state index contributed by atoms with van der Waals surface area (Å²) in [5.74, 6) is -0.181. The average Bonchev–Trinajstić information content (AvgIpc) is 3.33. The highest BCUT2D eigenvalue weighted by Crippen LogP contribution is 2.31. The van der Waals surface area contributed by atoms with Gasteiger partial charge in [-0.25, -0.2) is 4.98 Å². The molecule has 5 nitrogen and oxygen atoms in total. The van der Waals surface area contributed by atoms with Gasteiger partial charge < -0.3 is 10.2 Å². The van der Waals surface area contributed by atoms with Crippen molar-refractivity contribution in [2.24, 2.45) is 0 Å². The third-order valence-corrected chi connectivity index (χ3v) is 5.96. The first-order valence-corrected chi connectivity index (χ1v) is 9.59. The molecular formula is C18H15N3O2S2. The van der Waals surface area contributed by atoms with Crippen LogP contribution in [0.4, 0.5) is 11.4 Å². The van der Waals surface area contributed by atoms with Crippen molar-refractivity contribution < 1.29 is 9.59 Å². The van der Waals surface area contributed by atoms with Crippen LogP contribution in [0.2, 0.25) is 0 Å². The number of fused-ring (bicyclic) bond motifs is 1. The first-order valence-electron chi connectivity index (χ1n) is 7.83. The first kappa shape index (κ1) is 16.0. The van der Waals surface area contributed by atoms with Gasteiger partial charge in [0.25, 0.3) is 5.91 Å². The first-order chi connectivity index (χ1) is 12.1. The molecule has 0 radical (unpaired) electrons. The third kappa shape index (κ3) is 3.08. The Morgan fingerprint density at radius 3 is 2.88 bits per heavy atom. The number of hydrogen-bond acceptors (Lipinski definition) is 5. The highest BCUT2D eigenvalue weighted by Gasteiger charge is 2.22. The predicted octanol–water partition coefficient (Wildman–Crippen LogP) is 4.03. The van der Waals surface area contributed by atoms with Gasteiger partial charge in [0.1, 0.15) is 10.7 Å². The molecular weight excluding hydrogens is 354 g/mol. The smallest absolute Gasteiger partial charge is 0.275 e. The van der Waals surface area contributed by atoms with E-state index in [1.807, 2.05) is 35.7 Å². The number of aromatic nitrogens is 1. The highest BCUT2D eigenvalue weighted by molar-refractivity contribution is 7.20. The van der Waals surface area contributed by atoms with E-state index >= 15 is 0 Å². The second-order valence-corrected chi connectivity index (χ2v) is 7.54. The van der Waals surface area contributed by atoms with Crippen molar-refractivity contribution in [3.05, 3.63) is 52.3 Å². The fraction of sp³-hybridized carbons (Fsp3) is 0.167. The van der Waals surface area contributed by atoms with Crippen molar-refractivity contribution in [1.82, 2.24) is 4.98 Å². The van der Waals surface area contributed by atoms with Gasteiger partial charge in [0, 0.05) is 30.2 Å². The van der Waals surface area contributed by atoms with E-state index in [4.69, 9.17) is 0 Å². The van der Waals surface area contributed by atoms with Crippen molar-refractivity contribution >= 4 is 45.9 Å². The average molecular weight is 369 g/mol. The summed E-state index contributed by atoms with van der Waals surface area (Å²) in [7, 11) is 0. The molecule has 1 aromatic carbocycles. The highest BCUT2D eigenvalue weighted by atomic mass is 32.1. The van der Waals surface area contributed by atoms with E-state index in [-0.39, 0.29) is 11.8 Å². The van der Waals surface area contributed by atoms with Crippen LogP contribution in [0.15, 0.2) is 41.1 Å². The number of benzene rings is 1. The summed E-state index contributed by atoms with van der Waals surface area (Å²) >= 11 is 3.07. The largest absolute Gasteiger partial charge is 0.321 e. The molecule has 1 aliphatic heterocycles. The summed E-state index contributed by atoms with van der Waals surface area (Å²) in [6, 6.07) is 9.60. The fourth-order valence-corrected chi connectivity index (χ4v) is 4.51. The molecule has 1 N–H and O–H groups in total. The number of thiazole rings is 1. The SMILES string of the molecule is CC(=O)N1CCc2cc(NC(=O)c3csc(-c4cccs4)n3)ccc21. The van der Waals surface area contributed by atoms with Crippen LogP contribution in [0.5, 0.6) is 0 Å². The number of thiophene rings is 1. The molecule has 0 unspecified atom stereocenters. The van der Waals surface area contributed by atoms with Crippen molar-refractivity contribution in [3.63, 3.8) is 0 Å². The van der Waals surface area contributed by atoms with Crippen molar-refractivity contribution in [2.45, 2.75) is 13.3 Å². The van der Waals surface area contributed by atoms with Gasteiger partial charge in [-0.05, 0) is 41.6 Å². The second kappa shape index (κ2) is 6.42. The van der Waals surface area contributed by atoms with Gasteiger partial charge in [0.15, 0.2) is 0 Å². The minimum atomic E-state index is -0.222. The third-order valence-electron chi connectivity index (χ3n) is 4.08. The molecule has 0 fully saturated rings. The minimum Gasteiger partial charge on any atom is -0.321 e. The molecule has 0 spiro atoms. The minimum absolute atomic E-state index is 0.0408. The van der Waals surface area contributed by atoms with Crippen molar-refractivity contribution in [3.8, 4) is 9.88 Å². The van der Waals surface area contributed by atoms with Crippen LogP contribution >= 0.6 is 22.7 Å². The maximum absolute atomic E-state index is 12.4. The van der Waals surface area contributed by atoms with Gasteiger partial charge in [0.2, 0.25) is 5.91 Å². The molecule has 7 heteroatoms. The van der Waals surface area contributed by atoms with Crippen LogP contribution in [-0.4, -0.2) is 23.3 Å². The summed E-state index contributed by atoms with van der Waals surface area (Å²) in [4.78, 5) is 31.3. The maximum atomic E-state index is 12.4. The number of amides is 2. The lowest BCUT2D eigenvalue weighted by Crippen LogP contribution is -2.25. The monoisotopic (exact) mass is 369 g/mol. The molecule has 25 heavy (non-hydrogen) atoms. The Morgan fingerprint density at radius 2 is 2.12 bits per heavy atom. The predicted molar refractivity (Wildman–Crippen MR) is 102 cm³/mol. The normalized spacial score (nSPS) is 12.9. The molecule has 2 amide bonds. The quantitative estimate of drug-likeness (QED) is 0.758. The summed E-state index contributed by atoms with van der Waals surface area (Å²) < 4.78 is 0. The summed E-state index contributed by atoms with van der Waals surface area (Å²) in [6.45, 7) is 2.26. The van der Waals surface area contributed by atoms with E-state index in [0.717, 1.165) is 33.2 Å². The maximum Gasteiger partial charge on any atom is 0.275 e. The van der Waals surface area contributed by atoms with E-state index in [1.165, 1.54) is 11.3 Å². The van der Waals surface area contributed by atoms with Crippen LogP contribution in [0.3, 0.4) is 0 Å². The Labute approximate surface area is 152 Å². The van der Waals surface area contributed by atoms with E-state index in [1.54, 1.807) is 28.5 Å². The van der Waals surface area contributed by atoms with E-state index < -0.39 is 0 Å². The Bertz CT molecular complexity index is 947. The summed E-state index contributed by atoms with van der Waals surface area (Å²) in [5.41, 5.74) is 3.14. The van der Waals surface area contributed by atoms with Gasteiger partial charge in [-0.1, -0.05) is 6.07 Å².